The van der Waals surface area contributed by atoms with Crippen LogP contribution in [0.3, 0.4) is 0 Å². The predicted octanol–water partition coefficient (Wildman–Crippen LogP) is 0.524. The van der Waals surface area contributed by atoms with Gasteiger partial charge >= 0.3 is 0 Å². The number of aliphatic hydroxyl groups is 1. The van der Waals surface area contributed by atoms with Crippen LogP contribution in [0, 0.1) is 0 Å². The molecule has 3 N–H and O–H groups in total. The molecule has 0 saturated carbocycles. The molecule has 6 heteroatoms. The van der Waals surface area contributed by atoms with Crippen LogP contribution in [0.5, 0.6) is 0 Å². The first-order valence-electron chi connectivity index (χ1n) is 5.64. The molecule has 0 amide bonds. The van der Waals surface area contributed by atoms with Crippen molar-refractivity contribution in [3.05, 3.63) is 24.2 Å². The zero-order valence-corrected chi connectivity index (χ0v) is 9.28. The van der Waals surface area contributed by atoms with Crippen molar-refractivity contribution in [2.45, 2.75) is 25.0 Å². The molecule has 6 nitrogen and oxygen atoms in total. The fourth-order valence-corrected chi connectivity index (χ4v) is 2.27. The van der Waals surface area contributed by atoms with Gasteiger partial charge in [0.25, 0.3) is 0 Å². The molecule has 1 fully saturated rings. The topological polar surface area (TPSA) is 85.7 Å². The van der Waals surface area contributed by atoms with Crippen LogP contribution in [0.2, 0.25) is 0 Å². The van der Waals surface area contributed by atoms with Crippen molar-refractivity contribution in [1.82, 2.24) is 14.6 Å². The number of nitrogens with zero attached hydrogens (tertiary/aromatic N) is 3. The van der Waals surface area contributed by atoms with Gasteiger partial charge in [-0.2, -0.15) is 5.10 Å². The second-order valence-electron chi connectivity index (χ2n) is 4.21. The Kier molecular flexibility index (Phi) is 2.45. The number of nitrogens with two attached hydrogens (primary N) is 1. The van der Waals surface area contributed by atoms with E-state index in [4.69, 9.17) is 15.6 Å². The van der Waals surface area contributed by atoms with Gasteiger partial charge in [-0.05, 0) is 25.0 Å². The van der Waals surface area contributed by atoms with E-state index in [0.717, 1.165) is 24.1 Å². The van der Waals surface area contributed by atoms with E-state index in [0.29, 0.717) is 5.82 Å². The summed E-state index contributed by atoms with van der Waals surface area (Å²) in [6.45, 7) is 0.0664. The Balaban J connectivity index is 1.99. The Labute approximate surface area is 98.0 Å². The molecule has 2 aromatic heterocycles. The van der Waals surface area contributed by atoms with Crippen molar-refractivity contribution in [2.24, 2.45) is 0 Å². The Morgan fingerprint density at radius 2 is 2.35 bits per heavy atom. The molecular weight excluding hydrogens is 220 g/mol. The van der Waals surface area contributed by atoms with Crippen LogP contribution in [0.15, 0.2) is 18.5 Å². The number of ether oxygens (including phenoxy) is 1. The molecule has 0 spiro atoms. The number of fused-ring (bicyclic) bond motifs is 1. The van der Waals surface area contributed by atoms with Gasteiger partial charge in [0, 0.05) is 0 Å². The Bertz CT molecular complexity index is 539. The number of nitrogen functional groups attached to an aromatic ring is 1. The predicted molar refractivity (Wildman–Crippen MR) is 61.3 cm³/mol. The van der Waals surface area contributed by atoms with Crippen LogP contribution in [-0.4, -0.2) is 32.4 Å². The van der Waals surface area contributed by atoms with Gasteiger partial charge < -0.3 is 15.6 Å². The summed E-state index contributed by atoms with van der Waals surface area (Å²) in [4.78, 5) is 3.94. The minimum atomic E-state index is -0.0651. The number of aromatic nitrogens is 3. The Hall–Kier alpha value is -1.66. The number of anilines is 1. The lowest BCUT2D eigenvalue weighted by atomic mass is 10.1. The summed E-state index contributed by atoms with van der Waals surface area (Å²) >= 11 is 0. The maximum atomic E-state index is 9.06. The van der Waals surface area contributed by atoms with Crippen molar-refractivity contribution in [1.29, 1.82) is 0 Å². The van der Waals surface area contributed by atoms with Gasteiger partial charge in [0.1, 0.15) is 17.9 Å². The zero-order chi connectivity index (χ0) is 11.8. The van der Waals surface area contributed by atoms with Crippen molar-refractivity contribution in [3.8, 4) is 0 Å². The van der Waals surface area contributed by atoms with Gasteiger partial charge in [0.2, 0.25) is 0 Å². The highest BCUT2D eigenvalue weighted by atomic mass is 16.5. The smallest absolute Gasteiger partial charge is 0.151 e. The van der Waals surface area contributed by atoms with Gasteiger partial charge in [-0.25, -0.2) is 9.50 Å². The summed E-state index contributed by atoms with van der Waals surface area (Å²) in [5.41, 5.74) is 7.52. The lowest BCUT2D eigenvalue weighted by Gasteiger charge is -2.11. The van der Waals surface area contributed by atoms with E-state index >= 15 is 0 Å². The average molecular weight is 234 g/mol. The van der Waals surface area contributed by atoms with Gasteiger partial charge in [0.05, 0.1) is 18.4 Å². The molecule has 1 aliphatic rings. The molecule has 1 unspecified atom stereocenters. The number of aliphatic hydroxyl groups excluding tert-OH is 1. The summed E-state index contributed by atoms with van der Waals surface area (Å²) in [6.07, 6.45) is 3.11. The van der Waals surface area contributed by atoms with Crippen LogP contribution >= 0.6 is 0 Å². The maximum Gasteiger partial charge on any atom is 0.151 e. The standard InChI is InChI=1S/C11H14N4O2/c12-11-9-3-2-8(15(9)14-6-13-11)10-4-1-7(5-16)17-10/h2-3,6-7,10,16H,1,4-5H2,(H2,12,13,14)/t7?,10-/m1/s1. The van der Waals surface area contributed by atoms with Crippen LogP contribution in [-0.2, 0) is 4.74 Å². The first-order chi connectivity index (χ1) is 8.29. The first kappa shape index (κ1) is 10.5. The minimum absolute atomic E-state index is 0.0241. The molecule has 17 heavy (non-hydrogen) atoms. The van der Waals surface area contributed by atoms with Gasteiger partial charge in [-0.1, -0.05) is 0 Å². The molecule has 3 heterocycles. The lowest BCUT2D eigenvalue weighted by Crippen LogP contribution is -2.12. The zero-order valence-electron chi connectivity index (χ0n) is 9.28. The van der Waals surface area contributed by atoms with E-state index in [2.05, 4.69) is 10.1 Å². The Morgan fingerprint density at radius 1 is 1.47 bits per heavy atom. The van der Waals surface area contributed by atoms with E-state index in [1.165, 1.54) is 6.33 Å². The maximum absolute atomic E-state index is 9.06. The third-order valence-corrected chi connectivity index (χ3v) is 3.15. The van der Waals surface area contributed by atoms with Crippen LogP contribution in [0.25, 0.3) is 5.52 Å². The molecule has 2 aromatic rings. The largest absolute Gasteiger partial charge is 0.394 e. The third-order valence-electron chi connectivity index (χ3n) is 3.15. The number of hydrogen-bond donors (Lipinski definition) is 2. The third kappa shape index (κ3) is 1.65. The van der Waals surface area contributed by atoms with Gasteiger partial charge in [-0.15, -0.1) is 0 Å². The molecule has 90 valence electrons. The molecule has 0 aliphatic carbocycles. The van der Waals surface area contributed by atoms with Crippen LogP contribution in [0.4, 0.5) is 5.82 Å². The summed E-state index contributed by atoms with van der Waals surface area (Å²) < 4.78 is 7.49. The van der Waals surface area contributed by atoms with Crippen molar-refractivity contribution < 1.29 is 9.84 Å². The quantitative estimate of drug-likeness (QED) is 0.791. The van der Waals surface area contributed by atoms with E-state index in [9.17, 15) is 0 Å². The molecule has 0 radical (unpaired) electrons. The molecule has 0 aromatic carbocycles. The molecule has 3 rings (SSSR count). The second kappa shape index (κ2) is 3.97. The van der Waals surface area contributed by atoms with Crippen molar-refractivity contribution in [2.75, 3.05) is 12.3 Å². The first-order valence-corrected chi connectivity index (χ1v) is 5.64. The molecular formula is C11H14N4O2. The SMILES string of the molecule is Nc1ncnn2c([C@H]3CCC(CO)O3)ccc12. The van der Waals surface area contributed by atoms with Crippen LogP contribution in [0.1, 0.15) is 24.6 Å². The van der Waals surface area contributed by atoms with Gasteiger partial charge in [0.15, 0.2) is 5.82 Å². The van der Waals surface area contributed by atoms with E-state index in [1.54, 1.807) is 4.52 Å². The highest BCUT2D eigenvalue weighted by Crippen LogP contribution is 2.33. The van der Waals surface area contributed by atoms with E-state index in [-0.39, 0.29) is 18.8 Å². The highest BCUT2D eigenvalue weighted by molar-refractivity contribution is 5.65. The summed E-state index contributed by atoms with van der Waals surface area (Å²) in [5.74, 6) is 0.461. The summed E-state index contributed by atoms with van der Waals surface area (Å²) in [5, 5.41) is 13.2. The monoisotopic (exact) mass is 234 g/mol. The molecule has 0 bridgehead atoms. The summed E-state index contributed by atoms with van der Waals surface area (Å²) in [7, 11) is 0. The lowest BCUT2D eigenvalue weighted by molar-refractivity contribution is 0.00856. The highest BCUT2D eigenvalue weighted by Gasteiger charge is 2.28. The molecule has 1 aliphatic heterocycles. The fraction of sp³-hybridized carbons (Fsp3) is 0.455. The summed E-state index contributed by atoms with van der Waals surface area (Å²) in [6, 6.07) is 3.84. The number of hydrogen-bond acceptors (Lipinski definition) is 5. The molecule has 2 atom stereocenters. The molecule has 1 saturated heterocycles. The van der Waals surface area contributed by atoms with Gasteiger partial charge in [-0.3, -0.25) is 0 Å². The van der Waals surface area contributed by atoms with Crippen molar-refractivity contribution >= 4 is 11.3 Å². The van der Waals surface area contributed by atoms with E-state index < -0.39 is 0 Å². The van der Waals surface area contributed by atoms with Crippen LogP contribution < -0.4 is 5.73 Å². The minimum Gasteiger partial charge on any atom is -0.394 e. The number of rotatable bonds is 2. The normalized spacial score (nSPS) is 24.5. The fourth-order valence-electron chi connectivity index (χ4n) is 2.27. The second-order valence-corrected chi connectivity index (χ2v) is 4.21. The Morgan fingerprint density at radius 3 is 3.12 bits per heavy atom. The van der Waals surface area contributed by atoms with E-state index in [1.807, 2.05) is 12.1 Å². The van der Waals surface area contributed by atoms with Crippen molar-refractivity contribution in [3.63, 3.8) is 0 Å². The average Bonchev–Trinajstić information content (AvgIpc) is 2.94.